The molecule has 0 saturated heterocycles. The average Bonchev–Trinajstić information content (AvgIpc) is 3.06. The lowest BCUT2D eigenvalue weighted by atomic mass is 10.1. The summed E-state index contributed by atoms with van der Waals surface area (Å²) >= 11 is 11.5. The second kappa shape index (κ2) is 24.3. The molecule has 18 heteroatoms. The number of aromatic carboxylic acids is 2. The molecule has 0 heterocycles. The molecule has 0 spiro atoms. The van der Waals surface area contributed by atoms with Crippen LogP contribution in [0.25, 0.3) is 0 Å². The molecule has 2 aromatic carbocycles. The summed E-state index contributed by atoms with van der Waals surface area (Å²) in [6.45, 7) is 4.94. The predicted molar refractivity (Wildman–Crippen MR) is 252 cm³/mol. The van der Waals surface area contributed by atoms with Crippen LogP contribution in [0, 0.1) is 21.4 Å². The third-order valence-corrected chi connectivity index (χ3v) is 14.2. The Morgan fingerprint density at radius 1 is 0.462 bits per heavy atom. The van der Waals surface area contributed by atoms with Gasteiger partial charge in [0.1, 0.15) is 0 Å². The summed E-state index contributed by atoms with van der Waals surface area (Å²) < 4.78 is 2.36. The van der Waals surface area contributed by atoms with E-state index in [9.17, 15) is 39.0 Å². The molecular formula is C34H40I6N4O8. The van der Waals surface area contributed by atoms with Crippen LogP contribution in [0.5, 0.6) is 0 Å². The Labute approximate surface area is 385 Å². The number of hydrogen-bond acceptors (Lipinski definition) is 6. The maximum Gasteiger partial charge on any atom is 0.337 e. The number of anilines is 2. The van der Waals surface area contributed by atoms with Crippen molar-refractivity contribution in [2.75, 3.05) is 23.7 Å². The highest BCUT2D eigenvalue weighted by atomic mass is 127. The van der Waals surface area contributed by atoms with Gasteiger partial charge in [-0.1, -0.05) is 52.4 Å². The number of hydrogen-bond donors (Lipinski definition) is 6. The Kier molecular flexibility index (Phi) is 22.3. The molecule has 6 N–H and O–H groups in total. The van der Waals surface area contributed by atoms with Gasteiger partial charge in [-0.15, -0.1) is 0 Å². The fraction of sp³-hybridized carbons (Fsp3) is 0.471. The number of carbonyl (C=O) groups excluding carboxylic acids is 4. The first-order chi connectivity index (χ1) is 24.6. The summed E-state index contributed by atoms with van der Waals surface area (Å²) in [7, 11) is 0. The van der Waals surface area contributed by atoms with E-state index in [-0.39, 0.29) is 58.7 Å². The molecule has 52 heavy (non-hydrogen) atoms. The van der Waals surface area contributed by atoms with Crippen molar-refractivity contribution in [2.24, 2.45) is 0 Å². The van der Waals surface area contributed by atoms with Gasteiger partial charge in [0.2, 0.25) is 11.8 Å². The zero-order valence-electron chi connectivity index (χ0n) is 28.5. The third-order valence-electron chi connectivity index (χ3n) is 7.73. The molecule has 0 aliphatic heterocycles. The molecule has 0 radical (unpaired) electrons. The largest absolute Gasteiger partial charge is 0.478 e. The summed E-state index contributed by atoms with van der Waals surface area (Å²) in [5, 5.41) is 31.1. The second-order valence-corrected chi connectivity index (χ2v) is 18.2. The van der Waals surface area contributed by atoms with Crippen LogP contribution >= 0.6 is 136 Å². The van der Waals surface area contributed by atoms with Gasteiger partial charge in [0.15, 0.2) is 0 Å². The van der Waals surface area contributed by atoms with Gasteiger partial charge in [0, 0.05) is 33.1 Å². The second-order valence-electron chi connectivity index (χ2n) is 11.7. The monoisotopic (exact) mass is 1390 g/mol. The van der Waals surface area contributed by atoms with Gasteiger partial charge < -0.3 is 31.5 Å². The molecule has 0 aliphatic carbocycles. The summed E-state index contributed by atoms with van der Waals surface area (Å²) in [6, 6.07) is 0. The molecule has 286 valence electrons. The highest BCUT2D eigenvalue weighted by Gasteiger charge is 2.30. The van der Waals surface area contributed by atoms with E-state index in [1.807, 2.05) is 149 Å². The highest BCUT2D eigenvalue weighted by Crippen LogP contribution is 2.37. The molecule has 0 aliphatic rings. The quantitative estimate of drug-likeness (QED) is 0.0526. The number of amides is 4. The average molecular weight is 1390 g/mol. The van der Waals surface area contributed by atoms with Crippen molar-refractivity contribution in [1.82, 2.24) is 10.6 Å². The zero-order chi connectivity index (χ0) is 39.1. The van der Waals surface area contributed by atoms with Crippen LogP contribution in [-0.4, -0.2) is 58.9 Å². The molecule has 2 aromatic rings. The normalized spacial score (nSPS) is 10.8. The first kappa shape index (κ1) is 47.8. The number of carboxylic acid groups (broad SMARTS) is 2. The Morgan fingerprint density at radius 2 is 0.769 bits per heavy atom. The minimum Gasteiger partial charge on any atom is -0.478 e. The summed E-state index contributed by atoms with van der Waals surface area (Å²) in [6.07, 6.45) is 8.33. The van der Waals surface area contributed by atoms with Gasteiger partial charge in [-0.2, -0.15) is 0 Å². The van der Waals surface area contributed by atoms with Crippen LogP contribution in [0.2, 0.25) is 0 Å². The highest BCUT2D eigenvalue weighted by molar-refractivity contribution is 14.1. The number of benzene rings is 2. The van der Waals surface area contributed by atoms with Crippen LogP contribution in [0.1, 0.15) is 132 Å². The third kappa shape index (κ3) is 13.7. The number of unbranched alkanes of at least 4 members (excludes halogenated alkanes) is 7. The van der Waals surface area contributed by atoms with Gasteiger partial charge in [-0.3, -0.25) is 19.2 Å². The van der Waals surface area contributed by atoms with Crippen molar-refractivity contribution in [3.05, 3.63) is 43.7 Å². The van der Waals surface area contributed by atoms with E-state index in [0.29, 0.717) is 58.7 Å². The molecule has 2 rings (SSSR count). The minimum absolute atomic E-state index is 0.0192. The van der Waals surface area contributed by atoms with Crippen LogP contribution in [0.3, 0.4) is 0 Å². The molecular weight excluding hydrogens is 1350 g/mol. The van der Waals surface area contributed by atoms with Crippen LogP contribution in [-0.2, 0) is 9.59 Å². The van der Waals surface area contributed by atoms with E-state index in [2.05, 4.69) is 21.3 Å². The summed E-state index contributed by atoms with van der Waals surface area (Å²) in [5.41, 5.74) is 1.08. The molecule has 12 nitrogen and oxygen atoms in total. The minimum atomic E-state index is -1.18. The van der Waals surface area contributed by atoms with E-state index in [1.54, 1.807) is 0 Å². The lowest BCUT2D eigenvalue weighted by Crippen LogP contribution is -2.28. The van der Waals surface area contributed by atoms with E-state index < -0.39 is 11.9 Å². The molecule has 0 unspecified atom stereocenters. The van der Waals surface area contributed by atoms with Crippen LogP contribution in [0.15, 0.2) is 0 Å². The Hall–Kier alpha value is -0.360. The maximum absolute atomic E-state index is 13.0. The fourth-order valence-electron chi connectivity index (χ4n) is 4.94. The Morgan fingerprint density at radius 3 is 1.08 bits per heavy atom. The smallest absolute Gasteiger partial charge is 0.337 e. The molecule has 0 bridgehead atoms. The maximum atomic E-state index is 13.0. The first-order valence-corrected chi connectivity index (χ1v) is 23.1. The van der Waals surface area contributed by atoms with E-state index >= 15 is 0 Å². The molecule has 0 aromatic heterocycles. The van der Waals surface area contributed by atoms with Gasteiger partial charge >= 0.3 is 11.9 Å². The Bertz CT molecular complexity index is 1570. The van der Waals surface area contributed by atoms with E-state index in [1.165, 1.54) is 0 Å². The lowest BCUT2D eigenvalue weighted by molar-refractivity contribution is -0.117. The van der Waals surface area contributed by atoms with E-state index in [0.717, 1.165) is 51.4 Å². The van der Waals surface area contributed by atoms with Crippen molar-refractivity contribution in [3.63, 3.8) is 0 Å². The zero-order valence-corrected chi connectivity index (χ0v) is 41.5. The SMILES string of the molecule is CCCCNC(=O)c1c(I)c(NC(=O)CCCCCCCCC(=O)Nc2c(I)c(C(=O)O)c(I)c(C(=O)NCCCC)c2I)c(I)c(C(=O)O)c1I. The van der Waals surface area contributed by atoms with Gasteiger partial charge in [0.05, 0.1) is 47.9 Å². The summed E-state index contributed by atoms with van der Waals surface area (Å²) in [5.74, 6) is -3.65. The Balaban J connectivity index is 1.92. The lowest BCUT2D eigenvalue weighted by Gasteiger charge is -2.18. The number of halogens is 6. The van der Waals surface area contributed by atoms with Crippen molar-refractivity contribution in [1.29, 1.82) is 0 Å². The number of carboxylic acids is 2. The van der Waals surface area contributed by atoms with Crippen molar-refractivity contribution in [3.8, 4) is 0 Å². The number of rotatable bonds is 21. The van der Waals surface area contributed by atoms with Crippen LogP contribution < -0.4 is 21.3 Å². The standard InChI is InChI=1S/C34H40I6N4O8/c1-3-5-15-41-31(47)19-23(35)21(33(49)50)27(39)29(25(19)37)43-17(45)13-11-9-7-8-10-12-14-18(46)44-30-26(38)20(32(48)42-16-6-4-2)24(36)22(28(30)40)34(51)52/h3-16H2,1-2H3,(H,41,47)(H,42,48)(H,43,45)(H,44,46)(H,49,50)(H,51,52). The topological polar surface area (TPSA) is 191 Å². The van der Waals surface area contributed by atoms with Crippen molar-refractivity contribution in [2.45, 2.75) is 90.9 Å². The number of carbonyl (C=O) groups is 6. The fourth-order valence-corrected chi connectivity index (χ4v) is 13.7. The molecule has 0 fully saturated rings. The summed E-state index contributed by atoms with van der Waals surface area (Å²) in [4.78, 5) is 76.0. The van der Waals surface area contributed by atoms with Gasteiger partial charge in [0.25, 0.3) is 11.8 Å². The van der Waals surface area contributed by atoms with Gasteiger partial charge in [-0.05, 0) is 161 Å². The van der Waals surface area contributed by atoms with Crippen LogP contribution in [0.4, 0.5) is 11.4 Å². The molecule has 0 saturated carbocycles. The van der Waals surface area contributed by atoms with E-state index in [4.69, 9.17) is 0 Å². The molecule has 4 amide bonds. The van der Waals surface area contributed by atoms with Crippen molar-refractivity contribution < 1.29 is 39.0 Å². The van der Waals surface area contributed by atoms with Gasteiger partial charge in [-0.25, -0.2) is 9.59 Å². The first-order valence-electron chi connectivity index (χ1n) is 16.6. The predicted octanol–water partition coefficient (Wildman–Crippen LogP) is 9.47. The molecule has 0 atom stereocenters. The number of nitrogens with one attached hydrogen (secondary N) is 4. The van der Waals surface area contributed by atoms with Crippen molar-refractivity contribution >= 4 is 182 Å².